The van der Waals surface area contributed by atoms with Crippen molar-refractivity contribution >= 4 is 11.7 Å². The highest BCUT2D eigenvalue weighted by molar-refractivity contribution is 5.79. The van der Waals surface area contributed by atoms with Gasteiger partial charge in [-0.3, -0.25) is 4.79 Å². The van der Waals surface area contributed by atoms with Gasteiger partial charge in [0.05, 0.1) is 13.0 Å². The molecular weight excluding hydrogens is 266 g/mol. The van der Waals surface area contributed by atoms with Gasteiger partial charge >= 0.3 is 5.97 Å². The predicted octanol–water partition coefficient (Wildman–Crippen LogP) is 3.66. The highest BCUT2D eigenvalue weighted by Gasteiger charge is 2.36. The van der Waals surface area contributed by atoms with Crippen molar-refractivity contribution < 1.29 is 14.6 Å². The van der Waals surface area contributed by atoms with E-state index in [0.717, 1.165) is 25.7 Å². The van der Waals surface area contributed by atoms with E-state index < -0.39 is 11.9 Å². The van der Waals surface area contributed by atoms with Crippen LogP contribution in [0.15, 0.2) is 18.2 Å². The van der Waals surface area contributed by atoms with Gasteiger partial charge in [-0.05, 0) is 60.8 Å². The van der Waals surface area contributed by atoms with Gasteiger partial charge in [-0.15, -0.1) is 0 Å². The zero-order valence-electron chi connectivity index (χ0n) is 13.1. The zero-order valence-corrected chi connectivity index (χ0v) is 13.1. The van der Waals surface area contributed by atoms with Gasteiger partial charge in [-0.25, -0.2) is 0 Å². The van der Waals surface area contributed by atoms with E-state index in [1.165, 1.54) is 0 Å². The summed E-state index contributed by atoms with van der Waals surface area (Å²) in [6.07, 6.45) is 3.98. The number of rotatable bonds is 4. The van der Waals surface area contributed by atoms with Crippen LogP contribution in [0.2, 0.25) is 0 Å². The average molecular weight is 291 g/mol. The van der Waals surface area contributed by atoms with Gasteiger partial charge < -0.3 is 15.6 Å². The maximum atomic E-state index is 11.8. The number of hydrogen-bond acceptors (Lipinski definition) is 3. The zero-order chi connectivity index (χ0) is 15.6. The van der Waals surface area contributed by atoms with Gasteiger partial charge in [-0.2, -0.15) is 0 Å². The maximum Gasteiger partial charge on any atom is 0.311 e. The minimum Gasteiger partial charge on any atom is -0.497 e. The van der Waals surface area contributed by atoms with E-state index >= 15 is 0 Å². The number of hydrogen-bond donors (Lipinski definition) is 2. The topological polar surface area (TPSA) is 72.5 Å². The molecule has 0 aliphatic heterocycles. The number of aliphatic carboxylic acids is 1. The molecule has 1 atom stereocenters. The molecule has 1 aromatic rings. The summed E-state index contributed by atoms with van der Waals surface area (Å²) in [5, 5.41) is 9.70. The molecule has 0 spiro atoms. The van der Waals surface area contributed by atoms with Crippen LogP contribution in [0.25, 0.3) is 0 Å². The molecule has 4 nitrogen and oxygen atoms in total. The van der Waals surface area contributed by atoms with Gasteiger partial charge in [0.2, 0.25) is 0 Å². The highest BCUT2D eigenvalue weighted by Crippen LogP contribution is 2.45. The lowest BCUT2D eigenvalue weighted by atomic mass is 9.68. The van der Waals surface area contributed by atoms with Crippen molar-refractivity contribution in [2.75, 3.05) is 12.8 Å². The van der Waals surface area contributed by atoms with Crippen LogP contribution in [0.4, 0.5) is 5.69 Å². The van der Waals surface area contributed by atoms with Gasteiger partial charge in [-0.1, -0.05) is 13.8 Å². The number of carbonyl (C=O) groups is 1. The normalized spacial score (nSPS) is 20.0. The molecule has 1 saturated carbocycles. The molecule has 1 fully saturated rings. The van der Waals surface area contributed by atoms with Crippen molar-refractivity contribution in [3.63, 3.8) is 0 Å². The molecule has 21 heavy (non-hydrogen) atoms. The lowest BCUT2D eigenvalue weighted by Crippen LogP contribution is -2.29. The number of methoxy groups -OCH3 is 1. The fourth-order valence-electron chi connectivity index (χ4n) is 3.29. The molecule has 2 rings (SSSR count). The first-order valence-electron chi connectivity index (χ1n) is 7.50. The van der Waals surface area contributed by atoms with Crippen molar-refractivity contribution in [2.24, 2.45) is 11.3 Å². The summed E-state index contributed by atoms with van der Waals surface area (Å²) in [6.45, 7) is 4.50. The Morgan fingerprint density at radius 1 is 1.38 bits per heavy atom. The van der Waals surface area contributed by atoms with Crippen LogP contribution in [-0.2, 0) is 4.79 Å². The van der Waals surface area contributed by atoms with Crippen LogP contribution in [0.5, 0.6) is 5.75 Å². The summed E-state index contributed by atoms with van der Waals surface area (Å²) < 4.78 is 5.21. The molecule has 1 aromatic carbocycles. The van der Waals surface area contributed by atoms with E-state index in [-0.39, 0.29) is 5.92 Å². The summed E-state index contributed by atoms with van der Waals surface area (Å²) in [5.41, 5.74) is 7.56. The number of carboxylic acids is 1. The molecule has 0 aromatic heterocycles. The third-order valence-corrected chi connectivity index (χ3v) is 4.75. The second-order valence-electron chi connectivity index (χ2n) is 6.81. The van der Waals surface area contributed by atoms with Crippen LogP contribution in [-0.4, -0.2) is 18.2 Å². The summed E-state index contributed by atoms with van der Waals surface area (Å²) in [4.78, 5) is 11.8. The van der Waals surface area contributed by atoms with Crippen molar-refractivity contribution in [1.82, 2.24) is 0 Å². The number of anilines is 1. The van der Waals surface area contributed by atoms with E-state index in [1.807, 2.05) is 0 Å². The first-order chi connectivity index (χ1) is 9.84. The minimum atomic E-state index is -0.792. The van der Waals surface area contributed by atoms with Crippen LogP contribution in [0.1, 0.15) is 51.0 Å². The number of benzene rings is 1. The largest absolute Gasteiger partial charge is 0.497 e. The van der Waals surface area contributed by atoms with E-state index in [0.29, 0.717) is 22.4 Å². The Labute approximate surface area is 126 Å². The molecule has 0 saturated heterocycles. The van der Waals surface area contributed by atoms with E-state index in [2.05, 4.69) is 13.8 Å². The van der Waals surface area contributed by atoms with Crippen LogP contribution >= 0.6 is 0 Å². The van der Waals surface area contributed by atoms with E-state index in [9.17, 15) is 9.90 Å². The summed E-state index contributed by atoms with van der Waals surface area (Å²) >= 11 is 0. The van der Waals surface area contributed by atoms with E-state index in [4.69, 9.17) is 10.5 Å². The fourth-order valence-corrected chi connectivity index (χ4v) is 3.29. The first kappa shape index (κ1) is 15.7. The van der Waals surface area contributed by atoms with Gasteiger partial charge in [0.25, 0.3) is 0 Å². The molecular formula is C17H25NO3. The Kier molecular flexibility index (Phi) is 4.45. The van der Waals surface area contributed by atoms with Crippen molar-refractivity contribution in [2.45, 2.75) is 45.4 Å². The second kappa shape index (κ2) is 5.96. The molecule has 1 aliphatic rings. The van der Waals surface area contributed by atoms with Gasteiger partial charge in [0.1, 0.15) is 5.75 Å². The maximum absolute atomic E-state index is 11.8. The lowest BCUT2D eigenvalue weighted by Gasteiger charge is -2.37. The van der Waals surface area contributed by atoms with Crippen LogP contribution < -0.4 is 10.5 Å². The Morgan fingerprint density at radius 3 is 2.52 bits per heavy atom. The number of nitrogens with two attached hydrogens (primary N) is 1. The van der Waals surface area contributed by atoms with Crippen LogP contribution in [0, 0.1) is 11.3 Å². The Bertz CT molecular complexity index is 515. The molecule has 1 unspecified atom stereocenters. The second-order valence-corrected chi connectivity index (χ2v) is 6.81. The number of nitrogen functional groups attached to an aromatic ring is 1. The summed E-state index contributed by atoms with van der Waals surface area (Å²) in [5.74, 6) is -0.539. The molecule has 116 valence electrons. The van der Waals surface area contributed by atoms with Crippen molar-refractivity contribution in [3.8, 4) is 5.75 Å². The van der Waals surface area contributed by atoms with Crippen molar-refractivity contribution in [1.29, 1.82) is 0 Å². The molecule has 4 heteroatoms. The Balaban J connectivity index is 2.30. The molecule has 0 amide bonds. The molecule has 0 bridgehead atoms. The van der Waals surface area contributed by atoms with Crippen molar-refractivity contribution in [3.05, 3.63) is 23.8 Å². The smallest absolute Gasteiger partial charge is 0.311 e. The lowest BCUT2D eigenvalue weighted by molar-refractivity contribution is -0.140. The summed E-state index contributed by atoms with van der Waals surface area (Å²) in [7, 11) is 1.58. The SMILES string of the molecule is COc1ccc(N)c(C(C(=O)O)C2CCC(C)(C)CC2)c1. The fraction of sp³-hybridized carbons (Fsp3) is 0.588. The third-order valence-electron chi connectivity index (χ3n) is 4.75. The molecule has 0 radical (unpaired) electrons. The van der Waals surface area contributed by atoms with E-state index in [1.54, 1.807) is 25.3 Å². The minimum absolute atomic E-state index is 0.143. The average Bonchev–Trinajstić information content (AvgIpc) is 2.42. The molecule has 0 heterocycles. The predicted molar refractivity (Wildman–Crippen MR) is 83.5 cm³/mol. The highest BCUT2D eigenvalue weighted by atomic mass is 16.5. The number of ether oxygens (including phenoxy) is 1. The quantitative estimate of drug-likeness (QED) is 0.830. The Morgan fingerprint density at radius 2 is 2.00 bits per heavy atom. The monoisotopic (exact) mass is 291 g/mol. The molecule has 1 aliphatic carbocycles. The third kappa shape index (κ3) is 3.49. The Hall–Kier alpha value is -1.71. The van der Waals surface area contributed by atoms with Gasteiger partial charge in [0.15, 0.2) is 0 Å². The van der Waals surface area contributed by atoms with Crippen LogP contribution in [0.3, 0.4) is 0 Å². The molecule has 3 N–H and O–H groups in total. The first-order valence-corrected chi connectivity index (χ1v) is 7.50. The van der Waals surface area contributed by atoms with Gasteiger partial charge in [0, 0.05) is 5.69 Å². The standard InChI is InChI=1S/C17H25NO3/c1-17(2)8-6-11(7-9-17)15(16(19)20)13-10-12(21-3)4-5-14(13)18/h4-5,10-11,15H,6-9,18H2,1-3H3,(H,19,20). The number of carboxylic acid groups (broad SMARTS) is 1. The summed E-state index contributed by atoms with van der Waals surface area (Å²) in [6, 6.07) is 5.27.